The topological polar surface area (TPSA) is 102 Å². The van der Waals surface area contributed by atoms with E-state index < -0.39 is 16.1 Å². The van der Waals surface area contributed by atoms with Crippen LogP contribution < -0.4 is 19.1 Å². The Morgan fingerprint density at radius 3 is 2.44 bits per heavy atom. The summed E-state index contributed by atoms with van der Waals surface area (Å²) in [7, 11) is -2.56. The van der Waals surface area contributed by atoms with Crippen molar-refractivity contribution in [3.63, 3.8) is 0 Å². The number of nitrogens with one attached hydrogen (secondary N) is 1. The first-order valence-electron chi connectivity index (χ1n) is 11.7. The van der Waals surface area contributed by atoms with Gasteiger partial charge < -0.3 is 9.47 Å². The molecule has 1 unspecified atom stereocenters. The van der Waals surface area contributed by atoms with E-state index >= 15 is 0 Å². The van der Waals surface area contributed by atoms with E-state index in [2.05, 4.69) is 4.72 Å². The number of carbonyl (C=O) groups is 2. The number of nitrogens with zero attached hydrogens (tertiary/aromatic N) is 1. The van der Waals surface area contributed by atoms with Crippen LogP contribution in [-0.4, -0.2) is 32.9 Å². The summed E-state index contributed by atoms with van der Waals surface area (Å²) in [6, 6.07) is 11.3. The molecular formula is C25H28N2O6S. The van der Waals surface area contributed by atoms with E-state index in [0.717, 1.165) is 42.6 Å². The van der Waals surface area contributed by atoms with E-state index in [-0.39, 0.29) is 46.6 Å². The lowest BCUT2D eigenvalue weighted by Gasteiger charge is -2.44. The van der Waals surface area contributed by atoms with Crippen LogP contribution in [0.15, 0.2) is 47.4 Å². The maximum Gasteiger partial charge on any atom is 0.241 e. The Kier molecular flexibility index (Phi) is 5.85. The normalized spacial score (nSPS) is 21.9. The molecule has 1 saturated carbocycles. The summed E-state index contributed by atoms with van der Waals surface area (Å²) >= 11 is 0. The largest absolute Gasteiger partial charge is 0.495 e. The molecule has 0 bridgehead atoms. The molecule has 1 aliphatic carbocycles. The fourth-order valence-electron chi connectivity index (χ4n) is 5.34. The molecule has 1 saturated heterocycles. The van der Waals surface area contributed by atoms with Crippen LogP contribution in [0.3, 0.4) is 0 Å². The highest BCUT2D eigenvalue weighted by Gasteiger charge is 2.43. The summed E-state index contributed by atoms with van der Waals surface area (Å²) in [6.45, 7) is 0. The Labute approximate surface area is 199 Å². The number of sulfonamides is 1. The molecule has 0 radical (unpaired) electrons. The number of fused-ring (bicyclic) bond motifs is 1. The molecule has 2 aromatic carbocycles. The molecule has 5 rings (SSSR count). The highest BCUT2D eigenvalue weighted by molar-refractivity contribution is 7.89. The van der Waals surface area contributed by atoms with Crippen molar-refractivity contribution in [3.8, 4) is 11.5 Å². The van der Waals surface area contributed by atoms with Crippen molar-refractivity contribution >= 4 is 27.5 Å². The molecule has 9 heteroatoms. The predicted octanol–water partition coefficient (Wildman–Crippen LogP) is 3.85. The summed E-state index contributed by atoms with van der Waals surface area (Å²) in [4.78, 5) is 25.6. The van der Waals surface area contributed by atoms with E-state index in [1.165, 1.54) is 25.3 Å². The summed E-state index contributed by atoms with van der Waals surface area (Å²) in [5.41, 5.74) is 0.578. The molecule has 3 aliphatic rings. The molecule has 180 valence electrons. The lowest BCUT2D eigenvalue weighted by atomic mass is 9.77. The fraction of sp³-hybridized carbons (Fsp3) is 0.440. The van der Waals surface area contributed by atoms with Crippen LogP contribution in [0, 0.1) is 0 Å². The smallest absolute Gasteiger partial charge is 0.241 e. The lowest BCUT2D eigenvalue weighted by Crippen LogP contribution is -2.46. The van der Waals surface area contributed by atoms with Gasteiger partial charge in [0.15, 0.2) is 0 Å². The number of rotatable bonds is 5. The van der Waals surface area contributed by atoms with Crippen molar-refractivity contribution in [2.75, 3.05) is 12.0 Å². The van der Waals surface area contributed by atoms with Crippen molar-refractivity contribution < 1.29 is 27.5 Å². The minimum Gasteiger partial charge on any atom is -0.495 e. The molecule has 1 atom stereocenters. The Morgan fingerprint density at radius 2 is 1.74 bits per heavy atom. The Balaban J connectivity index is 1.49. The van der Waals surface area contributed by atoms with E-state index in [1.54, 1.807) is 0 Å². The van der Waals surface area contributed by atoms with Crippen LogP contribution in [0.25, 0.3) is 0 Å². The molecule has 1 spiro atoms. The maximum atomic E-state index is 13.5. The fourth-order valence-corrected chi connectivity index (χ4v) is 6.57. The zero-order valence-corrected chi connectivity index (χ0v) is 19.9. The van der Waals surface area contributed by atoms with Gasteiger partial charge in [0.1, 0.15) is 17.1 Å². The maximum absolute atomic E-state index is 13.5. The molecule has 2 aliphatic heterocycles. The van der Waals surface area contributed by atoms with Crippen molar-refractivity contribution in [2.24, 2.45) is 0 Å². The zero-order chi connectivity index (χ0) is 23.9. The number of ether oxygens (including phenoxy) is 2. The number of carbonyl (C=O) groups excluding carboxylic acids is 2. The van der Waals surface area contributed by atoms with E-state index in [4.69, 9.17) is 9.47 Å². The van der Waals surface area contributed by atoms with Gasteiger partial charge in [0, 0.05) is 24.8 Å². The standard InChI is InChI=1S/C25H28N2O6S/c1-32-22-10-9-17(15-20(22)27-23(28)11-12-24(27)29)34(30,31)26-19-16-25(13-5-2-6-14-25)33-21-8-4-3-7-18(19)21/h3-4,7-10,15,19,26H,2,5-6,11-14,16H2,1H3. The summed E-state index contributed by atoms with van der Waals surface area (Å²) in [5, 5.41) is 0. The Bertz CT molecular complexity index is 1220. The number of amides is 2. The van der Waals surface area contributed by atoms with Crippen LogP contribution in [0.5, 0.6) is 11.5 Å². The van der Waals surface area contributed by atoms with Gasteiger partial charge in [0.2, 0.25) is 21.8 Å². The third-order valence-corrected chi connectivity index (χ3v) is 8.48. The van der Waals surface area contributed by atoms with Crippen LogP contribution in [0.2, 0.25) is 0 Å². The second-order valence-electron chi connectivity index (χ2n) is 9.22. The molecule has 2 fully saturated rings. The van der Waals surface area contributed by atoms with Gasteiger partial charge in [-0.25, -0.2) is 18.0 Å². The van der Waals surface area contributed by atoms with Gasteiger partial charge in [-0.1, -0.05) is 24.6 Å². The van der Waals surface area contributed by atoms with Gasteiger partial charge in [-0.05, 0) is 49.9 Å². The number of anilines is 1. The highest BCUT2D eigenvalue weighted by atomic mass is 32.2. The van der Waals surface area contributed by atoms with Gasteiger partial charge in [-0.3, -0.25) is 9.59 Å². The molecule has 0 aromatic heterocycles. The minimum atomic E-state index is -3.98. The second-order valence-corrected chi connectivity index (χ2v) is 10.9. The summed E-state index contributed by atoms with van der Waals surface area (Å²) in [6.07, 6.45) is 5.80. The molecule has 34 heavy (non-hydrogen) atoms. The molecule has 8 nitrogen and oxygen atoms in total. The number of benzene rings is 2. The van der Waals surface area contributed by atoms with Crippen LogP contribution >= 0.6 is 0 Å². The minimum absolute atomic E-state index is 0.0301. The molecule has 2 aromatic rings. The number of para-hydroxylation sites is 1. The van der Waals surface area contributed by atoms with Crippen molar-refractivity contribution in [1.29, 1.82) is 0 Å². The van der Waals surface area contributed by atoms with Gasteiger partial charge >= 0.3 is 0 Å². The van der Waals surface area contributed by atoms with Gasteiger partial charge in [0.05, 0.1) is 23.7 Å². The molecule has 2 heterocycles. The summed E-state index contributed by atoms with van der Waals surface area (Å²) < 4.78 is 41.7. The van der Waals surface area contributed by atoms with Crippen LogP contribution in [-0.2, 0) is 19.6 Å². The average Bonchev–Trinajstić information content (AvgIpc) is 3.16. The van der Waals surface area contributed by atoms with Crippen molar-refractivity contribution in [3.05, 3.63) is 48.0 Å². The Morgan fingerprint density at radius 1 is 1.03 bits per heavy atom. The number of hydrogen-bond donors (Lipinski definition) is 1. The lowest BCUT2D eigenvalue weighted by molar-refractivity contribution is -0.121. The first-order valence-corrected chi connectivity index (χ1v) is 13.1. The van der Waals surface area contributed by atoms with E-state index in [9.17, 15) is 18.0 Å². The van der Waals surface area contributed by atoms with Gasteiger partial charge in [0.25, 0.3) is 0 Å². The first-order chi connectivity index (χ1) is 16.3. The van der Waals surface area contributed by atoms with Crippen molar-refractivity contribution in [2.45, 2.75) is 67.9 Å². The van der Waals surface area contributed by atoms with Gasteiger partial charge in [-0.15, -0.1) is 0 Å². The van der Waals surface area contributed by atoms with E-state index in [1.807, 2.05) is 24.3 Å². The summed E-state index contributed by atoms with van der Waals surface area (Å²) in [5.74, 6) is 0.235. The third-order valence-electron chi connectivity index (χ3n) is 7.01. The average molecular weight is 485 g/mol. The van der Waals surface area contributed by atoms with Crippen molar-refractivity contribution in [1.82, 2.24) is 4.72 Å². The van der Waals surface area contributed by atoms with Crippen LogP contribution in [0.1, 0.15) is 63.0 Å². The molecular weight excluding hydrogens is 456 g/mol. The monoisotopic (exact) mass is 484 g/mol. The van der Waals surface area contributed by atoms with E-state index in [0.29, 0.717) is 12.2 Å². The third kappa shape index (κ3) is 4.07. The predicted molar refractivity (Wildman–Crippen MR) is 125 cm³/mol. The zero-order valence-electron chi connectivity index (χ0n) is 19.1. The second kappa shape index (κ2) is 8.70. The SMILES string of the molecule is COc1ccc(S(=O)(=O)NC2CC3(CCCCC3)Oc3ccccc32)cc1N1C(=O)CCC1=O. The number of imide groups is 1. The number of methoxy groups -OCH3 is 1. The van der Waals surface area contributed by atoms with Gasteiger partial charge in [-0.2, -0.15) is 0 Å². The first kappa shape index (κ1) is 22.9. The number of hydrogen-bond acceptors (Lipinski definition) is 6. The molecule has 1 N–H and O–H groups in total. The molecule has 2 amide bonds. The highest BCUT2D eigenvalue weighted by Crippen LogP contribution is 2.46. The quantitative estimate of drug-likeness (QED) is 0.647. The van der Waals surface area contributed by atoms with Crippen LogP contribution in [0.4, 0.5) is 5.69 Å². The Hall–Kier alpha value is -2.91.